The molecule has 35 heavy (non-hydrogen) atoms. The lowest BCUT2D eigenvalue weighted by Gasteiger charge is -2.45. The Hall–Kier alpha value is -2.82. The van der Waals surface area contributed by atoms with Crippen molar-refractivity contribution in [3.05, 3.63) is 93.8 Å². The molecule has 8 nitrogen and oxygen atoms in total. The van der Waals surface area contributed by atoms with Crippen molar-refractivity contribution in [2.24, 2.45) is 0 Å². The average molecular weight is 497 g/mol. The van der Waals surface area contributed by atoms with Crippen molar-refractivity contribution in [2.75, 3.05) is 13.7 Å². The van der Waals surface area contributed by atoms with Gasteiger partial charge in [0.25, 0.3) is 13.9 Å². The Kier molecular flexibility index (Phi) is 7.25. The lowest BCUT2D eigenvalue weighted by Crippen LogP contribution is -2.69. The molecule has 0 spiro atoms. The van der Waals surface area contributed by atoms with Gasteiger partial charge in [0.15, 0.2) is 6.23 Å². The number of aromatic amines is 1. The molecule has 0 bridgehead atoms. The molecule has 1 aliphatic heterocycles. The SMILES string of the molecule is CO[C@@H]1[C@H](O[Si](c2ccccc2)(c2ccccc2)C(C)(C)C)[C@@H](CO)O[C@H]1n1ccc(=O)[nH]c1=O. The molecular weight excluding hydrogens is 464 g/mol. The van der Waals surface area contributed by atoms with E-state index in [9.17, 15) is 14.7 Å². The molecule has 1 saturated heterocycles. The highest BCUT2D eigenvalue weighted by molar-refractivity contribution is 6.99. The lowest BCUT2D eigenvalue weighted by molar-refractivity contribution is -0.0625. The van der Waals surface area contributed by atoms with Crippen molar-refractivity contribution in [2.45, 2.75) is 50.3 Å². The summed E-state index contributed by atoms with van der Waals surface area (Å²) in [6.45, 7) is 6.16. The Bertz CT molecular complexity index is 1200. The second-order valence-electron chi connectivity index (χ2n) is 9.71. The molecule has 4 atom stereocenters. The van der Waals surface area contributed by atoms with E-state index in [0.29, 0.717) is 0 Å². The molecule has 0 amide bonds. The van der Waals surface area contributed by atoms with E-state index < -0.39 is 44.1 Å². The van der Waals surface area contributed by atoms with Crippen molar-refractivity contribution in [1.29, 1.82) is 0 Å². The van der Waals surface area contributed by atoms with Crippen LogP contribution in [0.25, 0.3) is 0 Å². The van der Waals surface area contributed by atoms with E-state index in [0.717, 1.165) is 10.4 Å². The first-order chi connectivity index (χ1) is 16.7. The molecule has 2 aromatic carbocycles. The van der Waals surface area contributed by atoms with Crippen LogP contribution in [0.4, 0.5) is 0 Å². The maximum Gasteiger partial charge on any atom is 0.330 e. The van der Waals surface area contributed by atoms with Gasteiger partial charge in [-0.15, -0.1) is 0 Å². The summed E-state index contributed by atoms with van der Waals surface area (Å²) < 4.78 is 20.4. The summed E-state index contributed by atoms with van der Waals surface area (Å²) in [6, 6.07) is 21.5. The van der Waals surface area contributed by atoms with Crippen LogP contribution in [0.2, 0.25) is 5.04 Å². The summed E-state index contributed by atoms with van der Waals surface area (Å²) in [6.07, 6.45) is -1.65. The summed E-state index contributed by atoms with van der Waals surface area (Å²) in [7, 11) is -1.47. The standard InChI is InChI=1S/C26H32N2O6Si/c1-26(2,3)35(18-11-7-5-8-12-18,19-13-9-6-10-14-19)34-22-20(17-29)33-24(23(22)32-4)28-16-15-21(30)27-25(28)31/h5-16,20,22-24,29H,17H2,1-4H3,(H,27,30,31)/t20-,22-,23-,24-/m1/s1. The highest BCUT2D eigenvalue weighted by Gasteiger charge is 2.56. The first-order valence-corrected chi connectivity index (χ1v) is 13.5. The Morgan fingerprint density at radius 1 is 0.971 bits per heavy atom. The van der Waals surface area contributed by atoms with E-state index in [1.54, 1.807) is 0 Å². The van der Waals surface area contributed by atoms with Crippen LogP contribution in [0.15, 0.2) is 82.5 Å². The molecular formula is C26H32N2O6Si. The number of hydrogen-bond acceptors (Lipinski definition) is 6. The van der Waals surface area contributed by atoms with E-state index in [1.165, 1.54) is 23.9 Å². The number of methoxy groups -OCH3 is 1. The lowest BCUT2D eigenvalue weighted by atomic mass is 10.1. The molecule has 3 aromatic rings. The van der Waals surface area contributed by atoms with Crippen LogP contribution in [0.5, 0.6) is 0 Å². The topological polar surface area (TPSA) is 103 Å². The highest BCUT2D eigenvalue weighted by atomic mass is 28.4. The molecule has 9 heteroatoms. The minimum Gasteiger partial charge on any atom is -0.399 e. The number of nitrogens with one attached hydrogen (secondary N) is 1. The number of ether oxygens (including phenoxy) is 2. The number of hydrogen-bond donors (Lipinski definition) is 2. The van der Waals surface area contributed by atoms with Gasteiger partial charge in [0.2, 0.25) is 0 Å². The van der Waals surface area contributed by atoms with Crippen molar-refractivity contribution in [3.63, 3.8) is 0 Å². The zero-order chi connectivity index (χ0) is 25.2. The fraction of sp³-hybridized carbons (Fsp3) is 0.385. The van der Waals surface area contributed by atoms with Gasteiger partial charge in [-0.25, -0.2) is 4.79 Å². The summed E-state index contributed by atoms with van der Waals surface area (Å²) in [5.41, 5.74) is -1.12. The third-order valence-electron chi connectivity index (χ3n) is 6.59. The Morgan fingerprint density at radius 3 is 2.00 bits per heavy atom. The van der Waals surface area contributed by atoms with Crippen LogP contribution in [0, 0.1) is 0 Å². The molecule has 186 valence electrons. The number of aliphatic hydroxyl groups excluding tert-OH is 1. The first-order valence-electron chi connectivity index (χ1n) is 11.6. The van der Waals surface area contributed by atoms with Gasteiger partial charge in [0.05, 0.1) is 6.61 Å². The fourth-order valence-electron chi connectivity index (χ4n) is 5.00. The van der Waals surface area contributed by atoms with E-state index in [1.807, 2.05) is 36.4 Å². The van der Waals surface area contributed by atoms with Crippen molar-refractivity contribution in [1.82, 2.24) is 9.55 Å². The Labute approximate surface area is 205 Å². The maximum absolute atomic E-state index is 12.6. The number of nitrogens with zero attached hydrogens (tertiary/aromatic N) is 1. The number of benzene rings is 2. The molecule has 1 aromatic heterocycles. The molecule has 2 heterocycles. The fourth-order valence-corrected chi connectivity index (χ4v) is 9.70. The Morgan fingerprint density at radius 2 is 1.54 bits per heavy atom. The molecule has 0 unspecified atom stereocenters. The van der Waals surface area contributed by atoms with Crippen LogP contribution >= 0.6 is 0 Å². The normalized spacial score (nSPS) is 22.9. The molecule has 0 saturated carbocycles. The summed E-state index contributed by atoms with van der Waals surface area (Å²) in [5.74, 6) is 0. The molecule has 1 aliphatic rings. The Balaban J connectivity index is 1.87. The molecule has 1 fully saturated rings. The van der Waals surface area contributed by atoms with Crippen LogP contribution in [0.3, 0.4) is 0 Å². The van der Waals surface area contributed by atoms with E-state index >= 15 is 0 Å². The largest absolute Gasteiger partial charge is 0.399 e. The zero-order valence-corrected chi connectivity index (χ0v) is 21.4. The van der Waals surface area contributed by atoms with E-state index in [-0.39, 0.29) is 11.6 Å². The maximum atomic E-state index is 12.6. The van der Waals surface area contributed by atoms with E-state index in [4.69, 9.17) is 13.9 Å². The zero-order valence-electron chi connectivity index (χ0n) is 20.4. The van der Waals surface area contributed by atoms with Gasteiger partial charge in [-0.05, 0) is 15.4 Å². The highest BCUT2D eigenvalue weighted by Crippen LogP contribution is 2.41. The first kappa shape index (κ1) is 25.3. The van der Waals surface area contributed by atoms with Gasteiger partial charge in [-0.3, -0.25) is 14.3 Å². The number of aromatic nitrogens is 2. The summed E-state index contributed by atoms with van der Waals surface area (Å²) >= 11 is 0. The minimum absolute atomic E-state index is 0.305. The predicted octanol–water partition coefficient (Wildman–Crippen LogP) is 1.39. The monoisotopic (exact) mass is 496 g/mol. The average Bonchev–Trinajstić information content (AvgIpc) is 3.19. The van der Waals surface area contributed by atoms with Crippen molar-refractivity contribution in [3.8, 4) is 0 Å². The molecule has 0 radical (unpaired) electrons. The predicted molar refractivity (Wildman–Crippen MR) is 136 cm³/mol. The van der Waals surface area contributed by atoms with Gasteiger partial charge in [0, 0.05) is 19.4 Å². The van der Waals surface area contributed by atoms with Crippen LogP contribution in [-0.4, -0.2) is 55.0 Å². The molecule has 2 N–H and O–H groups in total. The number of aliphatic hydroxyl groups is 1. The third-order valence-corrected chi connectivity index (χ3v) is 11.6. The molecule has 0 aliphatic carbocycles. The second kappa shape index (κ2) is 10.0. The van der Waals surface area contributed by atoms with Gasteiger partial charge < -0.3 is 19.0 Å². The van der Waals surface area contributed by atoms with Crippen molar-refractivity contribution < 1.29 is 19.0 Å². The third kappa shape index (κ3) is 4.57. The number of H-pyrrole nitrogens is 1. The van der Waals surface area contributed by atoms with Gasteiger partial charge in [-0.2, -0.15) is 0 Å². The van der Waals surface area contributed by atoms with Crippen LogP contribution in [-0.2, 0) is 13.9 Å². The van der Waals surface area contributed by atoms with Gasteiger partial charge in [-0.1, -0.05) is 81.4 Å². The second-order valence-corrected chi connectivity index (χ2v) is 14.0. The summed E-state index contributed by atoms with van der Waals surface area (Å²) in [4.78, 5) is 26.4. The summed E-state index contributed by atoms with van der Waals surface area (Å²) in [5, 5.41) is 12.1. The van der Waals surface area contributed by atoms with Crippen molar-refractivity contribution >= 4 is 18.7 Å². The van der Waals surface area contributed by atoms with E-state index in [2.05, 4.69) is 50.0 Å². The molecule has 4 rings (SSSR count). The van der Waals surface area contributed by atoms with Crippen LogP contribution in [0.1, 0.15) is 27.0 Å². The van der Waals surface area contributed by atoms with Crippen LogP contribution < -0.4 is 21.6 Å². The van der Waals surface area contributed by atoms with Gasteiger partial charge in [0.1, 0.15) is 18.3 Å². The number of rotatable bonds is 7. The van der Waals surface area contributed by atoms with Gasteiger partial charge >= 0.3 is 5.69 Å². The minimum atomic E-state index is -3.00. The smallest absolute Gasteiger partial charge is 0.330 e. The quantitative estimate of drug-likeness (QED) is 0.479.